The second-order valence-electron chi connectivity index (χ2n) is 12.4. The summed E-state index contributed by atoms with van der Waals surface area (Å²) in [6.07, 6.45) is 9.54. The van der Waals surface area contributed by atoms with E-state index in [1.807, 2.05) is 0 Å². The molecule has 0 amide bonds. The van der Waals surface area contributed by atoms with E-state index in [-0.39, 0.29) is 6.04 Å². The lowest BCUT2D eigenvalue weighted by molar-refractivity contribution is 0.635. The zero-order valence-electron chi connectivity index (χ0n) is 25.8. The highest BCUT2D eigenvalue weighted by atomic mass is 31.1. The Labute approximate surface area is 268 Å². The van der Waals surface area contributed by atoms with Crippen molar-refractivity contribution in [3.8, 4) is 0 Å². The van der Waals surface area contributed by atoms with Gasteiger partial charge in [0.25, 0.3) is 0 Å². The predicted molar refractivity (Wildman–Crippen MR) is 193 cm³/mol. The van der Waals surface area contributed by atoms with Crippen molar-refractivity contribution in [2.75, 3.05) is 5.09 Å². The first-order valence-corrected chi connectivity index (χ1v) is 19.0. The number of nitrogens with one attached hydrogen (secondary N) is 1. The van der Waals surface area contributed by atoms with Gasteiger partial charge in [0.15, 0.2) is 0 Å². The molecule has 0 spiro atoms. The molecule has 1 unspecified atom stereocenters. The lowest BCUT2D eigenvalue weighted by Gasteiger charge is -2.24. The molecule has 6 aromatic rings. The monoisotopic (exact) mass is 627 g/mol. The molecule has 5 aromatic carbocycles. The smallest absolute Gasteiger partial charge is 0.307 e. The van der Waals surface area contributed by atoms with Crippen LogP contribution in [0, 0.1) is 0 Å². The van der Waals surface area contributed by atoms with Crippen molar-refractivity contribution < 1.29 is 8.39 Å². The SMILES string of the molecule is CC(Np1oc2ccc3c(c2c2c4c(ccc2o1)CCCC4)CCCC3)c1ccccc1P(c1ccccc1)c1ccccc1. The number of fused-ring (bicyclic) bond motifs is 7. The molecule has 0 fully saturated rings. The van der Waals surface area contributed by atoms with Crippen molar-refractivity contribution in [3.63, 3.8) is 0 Å². The Morgan fingerprint density at radius 1 is 0.578 bits per heavy atom. The molecule has 226 valence electrons. The van der Waals surface area contributed by atoms with E-state index in [4.69, 9.17) is 8.39 Å². The molecule has 2 aliphatic carbocycles. The molecule has 5 heteroatoms. The number of rotatable bonds is 6. The molecule has 0 saturated carbocycles. The van der Waals surface area contributed by atoms with Gasteiger partial charge in [-0.05, 0) is 122 Å². The Hall–Kier alpha value is -3.61. The van der Waals surface area contributed by atoms with Crippen LogP contribution in [0.4, 0.5) is 0 Å². The number of aryl methyl sites for hydroxylation is 4. The molecule has 8 rings (SSSR count). The quantitative estimate of drug-likeness (QED) is 0.187. The summed E-state index contributed by atoms with van der Waals surface area (Å²) in [6, 6.07) is 39.9. The Bertz CT molecular complexity index is 1900. The van der Waals surface area contributed by atoms with Crippen LogP contribution >= 0.6 is 16.1 Å². The molecule has 1 aromatic heterocycles. The molecule has 0 aliphatic heterocycles. The summed E-state index contributed by atoms with van der Waals surface area (Å²) in [5, 5.41) is 10.5. The van der Waals surface area contributed by atoms with E-state index in [0.29, 0.717) is 0 Å². The van der Waals surface area contributed by atoms with Crippen LogP contribution in [0.2, 0.25) is 0 Å². The summed E-state index contributed by atoms with van der Waals surface area (Å²) in [5.74, 6) is 0. The molecular formula is C40H39NO2P2. The summed E-state index contributed by atoms with van der Waals surface area (Å²) in [5.41, 5.74) is 9.17. The first-order chi connectivity index (χ1) is 22.2. The normalized spacial score (nSPS) is 15.2. The molecule has 0 bridgehead atoms. The van der Waals surface area contributed by atoms with E-state index in [9.17, 15) is 0 Å². The lowest BCUT2D eigenvalue weighted by Crippen LogP contribution is -2.25. The van der Waals surface area contributed by atoms with Crippen LogP contribution in [0.5, 0.6) is 0 Å². The van der Waals surface area contributed by atoms with Gasteiger partial charge in [-0.2, -0.15) is 0 Å². The van der Waals surface area contributed by atoms with Crippen LogP contribution in [0.25, 0.3) is 21.9 Å². The van der Waals surface area contributed by atoms with Gasteiger partial charge in [0.1, 0.15) is 11.2 Å². The highest BCUT2D eigenvalue weighted by Crippen LogP contribution is 2.43. The third-order valence-corrected chi connectivity index (χ3v) is 13.4. The van der Waals surface area contributed by atoms with E-state index >= 15 is 0 Å². The number of benzene rings is 5. The fraction of sp³-hybridized carbons (Fsp3) is 0.250. The minimum absolute atomic E-state index is 0.0185. The Morgan fingerprint density at radius 2 is 1.07 bits per heavy atom. The largest absolute Gasteiger partial charge is 0.408 e. The van der Waals surface area contributed by atoms with E-state index in [1.54, 1.807) is 0 Å². The highest BCUT2D eigenvalue weighted by molar-refractivity contribution is 7.79. The summed E-state index contributed by atoms with van der Waals surface area (Å²) in [4.78, 5) is 0. The molecule has 0 radical (unpaired) electrons. The van der Waals surface area contributed by atoms with E-state index in [2.05, 4.69) is 121 Å². The fourth-order valence-electron chi connectivity index (χ4n) is 7.43. The summed E-state index contributed by atoms with van der Waals surface area (Å²) in [7, 11) is -2.18. The Balaban J connectivity index is 1.27. The van der Waals surface area contributed by atoms with Gasteiger partial charge in [-0.3, -0.25) is 0 Å². The fourth-order valence-corrected chi connectivity index (χ4v) is 11.2. The maximum absolute atomic E-state index is 6.90. The third kappa shape index (κ3) is 5.57. The predicted octanol–water partition coefficient (Wildman–Crippen LogP) is 10.1. The third-order valence-electron chi connectivity index (χ3n) is 9.57. The van der Waals surface area contributed by atoms with Crippen LogP contribution in [0.1, 0.15) is 66.5 Å². The molecule has 1 N–H and O–H groups in total. The van der Waals surface area contributed by atoms with Gasteiger partial charge >= 0.3 is 8.16 Å². The van der Waals surface area contributed by atoms with Crippen molar-refractivity contribution in [1.82, 2.24) is 0 Å². The average molecular weight is 628 g/mol. The van der Waals surface area contributed by atoms with Crippen LogP contribution in [-0.2, 0) is 25.7 Å². The molecule has 1 atom stereocenters. The molecule has 0 saturated heterocycles. The van der Waals surface area contributed by atoms with Crippen molar-refractivity contribution in [2.24, 2.45) is 0 Å². The van der Waals surface area contributed by atoms with Gasteiger partial charge in [-0.25, -0.2) is 5.09 Å². The Morgan fingerprint density at radius 3 is 1.62 bits per heavy atom. The van der Waals surface area contributed by atoms with Gasteiger partial charge in [0.05, 0.1) is 0 Å². The maximum Gasteiger partial charge on any atom is 0.307 e. The molecular weight excluding hydrogens is 588 g/mol. The lowest BCUT2D eigenvalue weighted by atomic mass is 9.84. The molecule has 1 heterocycles. The molecule has 45 heavy (non-hydrogen) atoms. The second-order valence-corrected chi connectivity index (χ2v) is 15.7. The van der Waals surface area contributed by atoms with Crippen LogP contribution in [-0.4, -0.2) is 0 Å². The first kappa shape index (κ1) is 28.8. The van der Waals surface area contributed by atoms with Gasteiger partial charge in [-0.15, -0.1) is 0 Å². The standard InChI is InChI=1S/C40H39NO2P2/c1-28(33-20-12-13-23-38(33)44(31-16-4-2-5-17-31)32-18-6-3-7-19-32)41-45-42-36-26-24-29-14-8-10-21-34(29)39(36)40-35-22-11-9-15-30(35)25-27-37(40)43-45/h2-7,12-13,16-20,23-28,41H,8-11,14-15,21-22H2,1H3. The van der Waals surface area contributed by atoms with Crippen LogP contribution in [0.3, 0.4) is 0 Å². The summed E-state index contributed by atoms with van der Waals surface area (Å²) < 4.78 is 13.8. The first-order valence-electron chi connectivity index (χ1n) is 16.5. The minimum Gasteiger partial charge on any atom is -0.408 e. The Kier molecular flexibility index (Phi) is 8.10. The average Bonchev–Trinajstić information content (AvgIpc) is 3.26. The zero-order valence-corrected chi connectivity index (χ0v) is 27.6. The molecule has 3 nitrogen and oxygen atoms in total. The van der Waals surface area contributed by atoms with Crippen LogP contribution < -0.4 is 21.0 Å². The van der Waals surface area contributed by atoms with Gasteiger partial charge in [0, 0.05) is 16.8 Å². The summed E-state index contributed by atoms with van der Waals surface area (Å²) >= 11 is 0. The minimum atomic E-state index is -1.44. The van der Waals surface area contributed by atoms with Crippen molar-refractivity contribution in [1.29, 1.82) is 0 Å². The van der Waals surface area contributed by atoms with Gasteiger partial charge in [-0.1, -0.05) is 97.1 Å². The van der Waals surface area contributed by atoms with Crippen molar-refractivity contribution in [3.05, 3.63) is 137 Å². The summed E-state index contributed by atoms with van der Waals surface area (Å²) in [6.45, 7) is 2.25. The highest BCUT2D eigenvalue weighted by Gasteiger charge is 2.24. The second kappa shape index (κ2) is 12.6. The van der Waals surface area contributed by atoms with Gasteiger partial charge < -0.3 is 8.39 Å². The molecule has 2 aliphatic rings. The zero-order chi connectivity index (χ0) is 30.2. The van der Waals surface area contributed by atoms with Crippen molar-refractivity contribution >= 4 is 53.9 Å². The van der Waals surface area contributed by atoms with E-state index in [1.165, 1.54) is 80.2 Å². The number of hydrogen-bond acceptors (Lipinski definition) is 3. The maximum atomic E-state index is 6.90. The van der Waals surface area contributed by atoms with E-state index < -0.39 is 16.1 Å². The topological polar surface area (TPSA) is 38.3 Å². The van der Waals surface area contributed by atoms with E-state index in [0.717, 1.165) is 36.8 Å². The van der Waals surface area contributed by atoms with Crippen molar-refractivity contribution in [2.45, 2.75) is 64.3 Å². The van der Waals surface area contributed by atoms with Gasteiger partial charge in [0.2, 0.25) is 0 Å². The number of hydrogen-bond donors (Lipinski definition) is 1. The van der Waals surface area contributed by atoms with Crippen LogP contribution in [0.15, 0.2) is 118 Å².